The Morgan fingerprint density at radius 2 is 2.06 bits per heavy atom. The molecule has 1 rings (SSSR count). The SMILES string of the molecule is CCNC(=NCC(=O)N(C)C)NC1CC1.I. The molecule has 5 nitrogen and oxygen atoms in total. The molecule has 0 heterocycles. The fourth-order valence-corrected chi connectivity index (χ4v) is 1.03. The van der Waals surface area contributed by atoms with Crippen LogP contribution in [0.1, 0.15) is 19.8 Å². The number of rotatable bonds is 4. The molecular weight excluding hydrogens is 319 g/mol. The van der Waals surface area contributed by atoms with Gasteiger partial charge in [-0.3, -0.25) is 4.79 Å². The maximum Gasteiger partial charge on any atom is 0.243 e. The quantitative estimate of drug-likeness (QED) is 0.443. The first kappa shape index (κ1) is 15.5. The first-order valence-corrected chi connectivity index (χ1v) is 5.38. The molecule has 0 unspecified atom stereocenters. The lowest BCUT2D eigenvalue weighted by Gasteiger charge is -2.11. The van der Waals surface area contributed by atoms with Crippen molar-refractivity contribution in [2.24, 2.45) is 4.99 Å². The minimum absolute atomic E-state index is 0. The number of likely N-dealkylation sites (N-methyl/N-ethyl adjacent to an activating group) is 1. The molecule has 0 atom stereocenters. The van der Waals surface area contributed by atoms with Gasteiger partial charge in [0.05, 0.1) is 0 Å². The zero-order chi connectivity index (χ0) is 11.3. The second kappa shape index (κ2) is 7.70. The Balaban J connectivity index is 0.00000225. The van der Waals surface area contributed by atoms with Gasteiger partial charge < -0.3 is 15.5 Å². The van der Waals surface area contributed by atoms with Crippen LogP contribution in [0.3, 0.4) is 0 Å². The zero-order valence-electron chi connectivity index (χ0n) is 10.1. The van der Waals surface area contributed by atoms with E-state index in [2.05, 4.69) is 15.6 Å². The highest BCUT2D eigenvalue weighted by Gasteiger charge is 2.22. The topological polar surface area (TPSA) is 56.7 Å². The average Bonchev–Trinajstić information content (AvgIpc) is 2.97. The Kier molecular flexibility index (Phi) is 7.44. The first-order chi connectivity index (χ1) is 7.13. The molecule has 6 heteroatoms. The molecule has 2 N–H and O–H groups in total. The number of aliphatic imine (C=N–C) groups is 1. The summed E-state index contributed by atoms with van der Waals surface area (Å²) in [5.41, 5.74) is 0. The number of nitrogens with zero attached hydrogens (tertiary/aromatic N) is 2. The molecule has 0 aromatic heterocycles. The van der Waals surface area contributed by atoms with Gasteiger partial charge in [0.25, 0.3) is 0 Å². The van der Waals surface area contributed by atoms with Gasteiger partial charge in [-0.05, 0) is 19.8 Å². The van der Waals surface area contributed by atoms with Crippen LogP contribution in [0.5, 0.6) is 0 Å². The number of amides is 1. The van der Waals surface area contributed by atoms with Crippen LogP contribution in [-0.4, -0.2) is 50.0 Å². The van der Waals surface area contributed by atoms with Crippen molar-refractivity contribution in [2.75, 3.05) is 27.2 Å². The summed E-state index contributed by atoms with van der Waals surface area (Å²) in [5.74, 6) is 0.762. The Bertz CT molecular complexity index is 251. The predicted molar refractivity (Wildman–Crippen MR) is 76.2 cm³/mol. The third-order valence-corrected chi connectivity index (χ3v) is 2.13. The van der Waals surface area contributed by atoms with Crippen molar-refractivity contribution in [3.8, 4) is 0 Å². The number of nitrogens with one attached hydrogen (secondary N) is 2. The van der Waals surface area contributed by atoms with E-state index in [1.165, 1.54) is 12.8 Å². The molecule has 16 heavy (non-hydrogen) atoms. The molecule has 0 aromatic carbocycles. The molecule has 0 aliphatic heterocycles. The standard InChI is InChI=1S/C10H20N4O.HI/c1-4-11-10(13-8-5-6-8)12-7-9(15)14(2)3;/h8H,4-7H2,1-3H3,(H2,11,12,13);1H. The van der Waals surface area contributed by atoms with Crippen molar-refractivity contribution < 1.29 is 4.79 Å². The van der Waals surface area contributed by atoms with Crippen LogP contribution in [0.4, 0.5) is 0 Å². The third-order valence-electron chi connectivity index (χ3n) is 2.13. The average molecular weight is 340 g/mol. The number of halogens is 1. The molecule has 1 aliphatic rings. The van der Waals surface area contributed by atoms with E-state index in [4.69, 9.17) is 0 Å². The van der Waals surface area contributed by atoms with Crippen molar-refractivity contribution in [2.45, 2.75) is 25.8 Å². The van der Waals surface area contributed by atoms with Gasteiger partial charge in [-0.15, -0.1) is 24.0 Å². The predicted octanol–water partition coefficient (Wildman–Crippen LogP) is 0.410. The second-order valence-electron chi connectivity index (χ2n) is 3.90. The molecule has 0 saturated heterocycles. The summed E-state index contributed by atoms with van der Waals surface area (Å²) in [4.78, 5) is 17.1. The van der Waals surface area contributed by atoms with Crippen LogP contribution in [-0.2, 0) is 4.79 Å². The number of guanidine groups is 1. The van der Waals surface area contributed by atoms with E-state index in [-0.39, 0.29) is 36.4 Å². The molecule has 1 amide bonds. The first-order valence-electron chi connectivity index (χ1n) is 5.38. The third kappa shape index (κ3) is 6.14. The fourth-order valence-electron chi connectivity index (χ4n) is 1.03. The van der Waals surface area contributed by atoms with Crippen LogP contribution in [0.25, 0.3) is 0 Å². The van der Waals surface area contributed by atoms with E-state index in [9.17, 15) is 4.79 Å². The Hall–Kier alpha value is -0.530. The molecule has 1 saturated carbocycles. The summed E-state index contributed by atoms with van der Waals surface area (Å²) in [6.45, 7) is 3.03. The van der Waals surface area contributed by atoms with E-state index < -0.39 is 0 Å². The number of carbonyl (C=O) groups is 1. The van der Waals surface area contributed by atoms with Gasteiger partial charge in [-0.2, -0.15) is 0 Å². The normalized spacial score (nSPS) is 15.1. The van der Waals surface area contributed by atoms with Gasteiger partial charge in [-0.1, -0.05) is 0 Å². The van der Waals surface area contributed by atoms with Gasteiger partial charge in [0.1, 0.15) is 6.54 Å². The lowest BCUT2D eigenvalue weighted by molar-refractivity contribution is -0.127. The summed E-state index contributed by atoms with van der Waals surface area (Å²) < 4.78 is 0. The van der Waals surface area contributed by atoms with Crippen LogP contribution < -0.4 is 10.6 Å². The highest BCUT2D eigenvalue weighted by molar-refractivity contribution is 14.0. The number of carbonyl (C=O) groups excluding carboxylic acids is 1. The molecule has 0 bridgehead atoms. The highest BCUT2D eigenvalue weighted by Crippen LogP contribution is 2.18. The Labute approximate surface area is 114 Å². The van der Waals surface area contributed by atoms with E-state index >= 15 is 0 Å². The summed E-state index contributed by atoms with van der Waals surface area (Å²) in [6.07, 6.45) is 2.40. The van der Waals surface area contributed by atoms with Gasteiger partial charge in [-0.25, -0.2) is 4.99 Å². The van der Waals surface area contributed by atoms with E-state index in [0.29, 0.717) is 6.04 Å². The van der Waals surface area contributed by atoms with Crippen molar-refractivity contribution in [3.05, 3.63) is 0 Å². The van der Waals surface area contributed by atoms with Gasteiger partial charge >= 0.3 is 0 Å². The molecule has 0 aromatic rings. The summed E-state index contributed by atoms with van der Waals surface area (Å²) in [5, 5.41) is 6.37. The lowest BCUT2D eigenvalue weighted by atomic mass is 10.5. The van der Waals surface area contributed by atoms with Crippen LogP contribution in [0.2, 0.25) is 0 Å². The van der Waals surface area contributed by atoms with Gasteiger partial charge in [0.15, 0.2) is 5.96 Å². The maximum atomic E-state index is 11.3. The van der Waals surface area contributed by atoms with Crippen molar-refractivity contribution >= 4 is 35.8 Å². The maximum absolute atomic E-state index is 11.3. The summed E-state index contributed by atoms with van der Waals surface area (Å²) in [6, 6.07) is 0.553. The van der Waals surface area contributed by atoms with E-state index in [1.54, 1.807) is 19.0 Å². The molecular formula is C10H21IN4O. The highest BCUT2D eigenvalue weighted by atomic mass is 127. The monoisotopic (exact) mass is 340 g/mol. The minimum atomic E-state index is 0. The second-order valence-corrected chi connectivity index (χ2v) is 3.90. The van der Waals surface area contributed by atoms with Crippen LogP contribution in [0.15, 0.2) is 4.99 Å². The molecule has 1 fully saturated rings. The van der Waals surface area contributed by atoms with Crippen molar-refractivity contribution in [1.29, 1.82) is 0 Å². The lowest BCUT2D eigenvalue weighted by Crippen LogP contribution is -2.39. The van der Waals surface area contributed by atoms with Crippen molar-refractivity contribution in [1.82, 2.24) is 15.5 Å². The van der Waals surface area contributed by atoms with Crippen LogP contribution >= 0.6 is 24.0 Å². The Morgan fingerprint density at radius 3 is 2.50 bits per heavy atom. The van der Waals surface area contributed by atoms with Crippen LogP contribution in [0, 0.1) is 0 Å². The smallest absolute Gasteiger partial charge is 0.243 e. The molecule has 94 valence electrons. The van der Waals surface area contributed by atoms with E-state index in [0.717, 1.165) is 12.5 Å². The number of hydrogen-bond acceptors (Lipinski definition) is 2. The zero-order valence-corrected chi connectivity index (χ0v) is 12.4. The molecule has 0 spiro atoms. The van der Waals surface area contributed by atoms with Gasteiger partial charge in [0.2, 0.25) is 5.91 Å². The number of hydrogen-bond donors (Lipinski definition) is 2. The van der Waals surface area contributed by atoms with Crippen molar-refractivity contribution in [3.63, 3.8) is 0 Å². The largest absolute Gasteiger partial charge is 0.357 e. The summed E-state index contributed by atoms with van der Waals surface area (Å²) >= 11 is 0. The van der Waals surface area contributed by atoms with Gasteiger partial charge in [0, 0.05) is 26.7 Å². The molecule has 0 radical (unpaired) electrons. The summed E-state index contributed by atoms with van der Waals surface area (Å²) in [7, 11) is 3.47. The minimum Gasteiger partial charge on any atom is -0.357 e. The Morgan fingerprint density at radius 1 is 1.44 bits per heavy atom. The molecule has 1 aliphatic carbocycles. The fraction of sp³-hybridized carbons (Fsp3) is 0.800. The van der Waals surface area contributed by atoms with E-state index in [1.807, 2.05) is 6.92 Å².